The lowest BCUT2D eigenvalue weighted by atomic mass is 9.82. The Hall–Kier alpha value is -1.26. The Morgan fingerprint density at radius 1 is 1.36 bits per heavy atom. The monoisotopic (exact) mass is 195 g/mol. The molecule has 5 nitrogen and oxygen atoms in total. The van der Waals surface area contributed by atoms with Crippen molar-refractivity contribution in [2.75, 3.05) is 11.6 Å². The molecule has 0 radical (unpaired) electrons. The zero-order valence-electron chi connectivity index (χ0n) is 8.53. The van der Waals surface area contributed by atoms with Crippen LogP contribution in [0.1, 0.15) is 44.9 Å². The van der Waals surface area contributed by atoms with Crippen LogP contribution in [0.3, 0.4) is 0 Å². The second kappa shape index (κ2) is 3.15. The number of nitrogens with two attached hydrogens (primary N) is 2. The van der Waals surface area contributed by atoms with Gasteiger partial charge < -0.3 is 11.6 Å². The van der Waals surface area contributed by atoms with Gasteiger partial charge >= 0.3 is 0 Å². The summed E-state index contributed by atoms with van der Waals surface area (Å²) in [4.78, 5) is 0. The van der Waals surface area contributed by atoms with Gasteiger partial charge in [0.2, 0.25) is 5.95 Å². The second-order valence-corrected chi connectivity index (χ2v) is 4.09. The molecule has 4 N–H and O–H groups in total. The van der Waals surface area contributed by atoms with Crippen LogP contribution in [0.2, 0.25) is 0 Å². The number of nitrogen functional groups attached to an aromatic ring is 2. The molecule has 14 heavy (non-hydrogen) atoms. The largest absolute Gasteiger partial charge is 0.366 e. The lowest BCUT2D eigenvalue weighted by molar-refractivity contribution is 0.389. The molecule has 1 fully saturated rings. The third-order valence-electron chi connectivity index (χ3n) is 3.43. The van der Waals surface area contributed by atoms with Gasteiger partial charge in [0.25, 0.3) is 0 Å². The van der Waals surface area contributed by atoms with E-state index in [1.54, 1.807) is 0 Å². The van der Waals surface area contributed by atoms with Crippen molar-refractivity contribution in [3.8, 4) is 0 Å². The normalized spacial score (nSPS) is 20.1. The number of hydrogen-bond donors (Lipinski definition) is 2. The zero-order valence-corrected chi connectivity index (χ0v) is 8.53. The van der Waals surface area contributed by atoms with Gasteiger partial charge in [-0.25, -0.2) is 4.68 Å². The first kappa shape index (κ1) is 9.30. The molecule has 0 spiro atoms. The van der Waals surface area contributed by atoms with Crippen LogP contribution in [-0.4, -0.2) is 14.9 Å². The van der Waals surface area contributed by atoms with Crippen LogP contribution < -0.4 is 11.6 Å². The molecule has 1 aromatic rings. The van der Waals surface area contributed by atoms with E-state index in [0.717, 1.165) is 25.1 Å². The molecule has 78 valence electrons. The van der Waals surface area contributed by atoms with Crippen molar-refractivity contribution >= 4 is 5.95 Å². The molecule has 1 heterocycles. The SMILES string of the molecule is CCC1(c2nnc(N)n2N)CCCC1. The molecule has 1 saturated carbocycles. The van der Waals surface area contributed by atoms with Gasteiger partial charge in [-0.05, 0) is 19.3 Å². The first-order chi connectivity index (χ1) is 6.69. The quantitative estimate of drug-likeness (QED) is 0.684. The van der Waals surface area contributed by atoms with E-state index < -0.39 is 0 Å². The highest BCUT2D eigenvalue weighted by Crippen LogP contribution is 2.42. The highest BCUT2D eigenvalue weighted by Gasteiger charge is 2.38. The van der Waals surface area contributed by atoms with E-state index in [9.17, 15) is 0 Å². The summed E-state index contributed by atoms with van der Waals surface area (Å²) < 4.78 is 1.44. The predicted molar refractivity (Wildman–Crippen MR) is 55.0 cm³/mol. The third kappa shape index (κ3) is 1.15. The molecule has 2 rings (SSSR count). The molecule has 0 aromatic carbocycles. The fourth-order valence-electron chi connectivity index (χ4n) is 2.45. The summed E-state index contributed by atoms with van der Waals surface area (Å²) in [5.41, 5.74) is 5.71. The van der Waals surface area contributed by atoms with E-state index >= 15 is 0 Å². The Labute approximate surface area is 83.5 Å². The van der Waals surface area contributed by atoms with Crippen LogP contribution >= 0.6 is 0 Å². The smallest absolute Gasteiger partial charge is 0.240 e. The maximum absolute atomic E-state index is 5.81. The Balaban J connectivity index is 2.40. The highest BCUT2D eigenvalue weighted by molar-refractivity contribution is 5.23. The zero-order chi connectivity index (χ0) is 10.2. The van der Waals surface area contributed by atoms with Crippen molar-refractivity contribution in [1.82, 2.24) is 14.9 Å². The predicted octanol–water partition coefficient (Wildman–Crippen LogP) is 0.796. The summed E-state index contributed by atoms with van der Waals surface area (Å²) in [5.74, 6) is 6.97. The van der Waals surface area contributed by atoms with Gasteiger partial charge in [-0.3, -0.25) is 0 Å². The van der Waals surface area contributed by atoms with Gasteiger partial charge in [0.05, 0.1) is 0 Å². The molecule has 1 aromatic heterocycles. The Bertz CT molecular complexity index is 324. The molecule has 0 atom stereocenters. The van der Waals surface area contributed by atoms with E-state index in [1.165, 1.54) is 17.5 Å². The molecule has 0 unspecified atom stereocenters. The maximum Gasteiger partial charge on any atom is 0.240 e. The van der Waals surface area contributed by atoms with Crippen molar-refractivity contribution in [1.29, 1.82) is 0 Å². The Kier molecular flexibility index (Phi) is 2.09. The maximum atomic E-state index is 5.81. The second-order valence-electron chi connectivity index (χ2n) is 4.09. The number of anilines is 1. The summed E-state index contributed by atoms with van der Waals surface area (Å²) in [6, 6.07) is 0. The van der Waals surface area contributed by atoms with Gasteiger partial charge in [0, 0.05) is 5.41 Å². The van der Waals surface area contributed by atoms with Gasteiger partial charge in [-0.15, -0.1) is 10.2 Å². The van der Waals surface area contributed by atoms with Crippen LogP contribution in [0.15, 0.2) is 0 Å². The molecule has 0 aliphatic heterocycles. The van der Waals surface area contributed by atoms with Crippen molar-refractivity contribution in [3.63, 3.8) is 0 Å². The van der Waals surface area contributed by atoms with Gasteiger partial charge in [0.1, 0.15) is 0 Å². The van der Waals surface area contributed by atoms with Crippen molar-refractivity contribution in [3.05, 3.63) is 5.82 Å². The third-order valence-corrected chi connectivity index (χ3v) is 3.43. The molecular weight excluding hydrogens is 178 g/mol. The Morgan fingerprint density at radius 3 is 2.43 bits per heavy atom. The number of aromatic nitrogens is 3. The molecule has 1 aliphatic rings. The van der Waals surface area contributed by atoms with Crippen LogP contribution in [0.5, 0.6) is 0 Å². The summed E-state index contributed by atoms with van der Waals surface area (Å²) >= 11 is 0. The minimum atomic E-state index is 0.124. The van der Waals surface area contributed by atoms with Crippen LogP contribution in [0.25, 0.3) is 0 Å². The first-order valence-corrected chi connectivity index (χ1v) is 5.16. The molecule has 0 saturated heterocycles. The van der Waals surface area contributed by atoms with E-state index in [4.69, 9.17) is 11.6 Å². The lowest BCUT2D eigenvalue weighted by Crippen LogP contribution is -2.29. The van der Waals surface area contributed by atoms with Gasteiger partial charge in [0.15, 0.2) is 5.82 Å². The number of hydrogen-bond acceptors (Lipinski definition) is 4. The fourth-order valence-corrected chi connectivity index (χ4v) is 2.45. The van der Waals surface area contributed by atoms with Crippen LogP contribution in [0.4, 0.5) is 5.95 Å². The fraction of sp³-hybridized carbons (Fsp3) is 0.778. The van der Waals surface area contributed by atoms with Crippen LogP contribution in [-0.2, 0) is 5.41 Å². The van der Waals surface area contributed by atoms with E-state index in [1.807, 2.05) is 0 Å². The number of rotatable bonds is 2. The topological polar surface area (TPSA) is 82.8 Å². The molecule has 0 bridgehead atoms. The average Bonchev–Trinajstić information content (AvgIpc) is 2.77. The van der Waals surface area contributed by atoms with Gasteiger partial charge in [-0.2, -0.15) is 0 Å². The molecule has 0 amide bonds. The van der Waals surface area contributed by atoms with Crippen molar-refractivity contribution in [2.24, 2.45) is 0 Å². The molecule has 1 aliphatic carbocycles. The Morgan fingerprint density at radius 2 is 2.00 bits per heavy atom. The van der Waals surface area contributed by atoms with Crippen LogP contribution in [0, 0.1) is 0 Å². The minimum Gasteiger partial charge on any atom is -0.366 e. The van der Waals surface area contributed by atoms with E-state index in [2.05, 4.69) is 17.1 Å². The van der Waals surface area contributed by atoms with E-state index in [-0.39, 0.29) is 5.41 Å². The standard InChI is InChI=1S/C9H17N5/c1-2-9(5-3-4-6-9)7-12-13-8(10)14(7)11/h2-6,11H2,1H3,(H2,10,13). The average molecular weight is 195 g/mol. The summed E-state index contributed by atoms with van der Waals surface area (Å²) in [6.45, 7) is 2.18. The molecule has 5 heteroatoms. The first-order valence-electron chi connectivity index (χ1n) is 5.16. The summed E-state index contributed by atoms with van der Waals surface area (Å²) in [7, 11) is 0. The van der Waals surface area contributed by atoms with Crippen molar-refractivity contribution in [2.45, 2.75) is 44.4 Å². The molecular formula is C9H17N5. The van der Waals surface area contributed by atoms with Gasteiger partial charge in [-0.1, -0.05) is 19.8 Å². The van der Waals surface area contributed by atoms with E-state index in [0.29, 0.717) is 5.95 Å². The highest BCUT2D eigenvalue weighted by atomic mass is 15.4. The lowest BCUT2D eigenvalue weighted by Gasteiger charge is -2.25. The summed E-state index contributed by atoms with van der Waals surface area (Å²) in [5, 5.41) is 7.92. The number of nitrogens with zero attached hydrogens (tertiary/aromatic N) is 3. The minimum absolute atomic E-state index is 0.124. The summed E-state index contributed by atoms with van der Waals surface area (Å²) in [6.07, 6.45) is 5.86. The van der Waals surface area contributed by atoms with Crippen molar-refractivity contribution < 1.29 is 0 Å².